The van der Waals surface area contributed by atoms with Crippen molar-refractivity contribution in [2.75, 3.05) is 13.1 Å². The van der Waals surface area contributed by atoms with Crippen LogP contribution in [0.5, 0.6) is 0 Å². The molecule has 1 aliphatic rings. The third-order valence-corrected chi connectivity index (χ3v) is 5.49. The highest BCUT2D eigenvalue weighted by Gasteiger charge is 2.42. The van der Waals surface area contributed by atoms with Crippen molar-refractivity contribution in [1.29, 1.82) is 0 Å². The normalized spacial score (nSPS) is 21.7. The van der Waals surface area contributed by atoms with Gasteiger partial charge in [0.1, 0.15) is 22.1 Å². The summed E-state index contributed by atoms with van der Waals surface area (Å²) in [6, 6.07) is 2.10. The van der Waals surface area contributed by atoms with Gasteiger partial charge in [-0.1, -0.05) is 0 Å². The number of thiazole rings is 1. The summed E-state index contributed by atoms with van der Waals surface area (Å²) in [7, 11) is 0. The molecule has 6 heteroatoms. The predicted octanol–water partition coefficient (Wildman–Crippen LogP) is 2.90. The zero-order valence-electron chi connectivity index (χ0n) is 14.1. The molecule has 5 nitrogen and oxygen atoms in total. The first kappa shape index (κ1) is 16.2. The van der Waals surface area contributed by atoms with Gasteiger partial charge in [-0.15, -0.1) is 11.3 Å². The van der Waals surface area contributed by atoms with E-state index in [-0.39, 0.29) is 11.4 Å². The van der Waals surface area contributed by atoms with Crippen molar-refractivity contribution < 1.29 is 9.21 Å². The number of hydrogen-bond donors (Lipinski definition) is 1. The molecular weight excluding hydrogens is 310 g/mol. The van der Waals surface area contributed by atoms with Crippen molar-refractivity contribution in [2.45, 2.75) is 46.2 Å². The average Bonchev–Trinajstić information content (AvgIpc) is 3.12. The van der Waals surface area contributed by atoms with E-state index in [1.165, 1.54) is 5.56 Å². The number of aromatic nitrogens is 1. The molecule has 0 saturated carbocycles. The van der Waals surface area contributed by atoms with Crippen molar-refractivity contribution in [3.8, 4) is 0 Å². The van der Waals surface area contributed by atoms with E-state index >= 15 is 0 Å². The van der Waals surface area contributed by atoms with Crippen molar-refractivity contribution >= 4 is 17.2 Å². The molecular formula is C17H23N3O2S. The second kappa shape index (κ2) is 6.09. The lowest BCUT2D eigenvalue weighted by molar-refractivity contribution is -0.120. The standard InChI is InChI=1S/C17H23N3O2S/c1-11-9-23-16(18-11)17(19-14(4)21)5-6-20(10-17)8-15-7-12(2)22-13(15)3/h7,9H,5-6,8,10H2,1-4H3,(H,19,21). The maximum atomic E-state index is 11.7. The maximum absolute atomic E-state index is 11.7. The van der Waals surface area contributed by atoms with E-state index in [0.717, 1.165) is 48.3 Å². The molecule has 0 aromatic carbocycles. The molecule has 124 valence electrons. The number of likely N-dealkylation sites (tertiary alicyclic amines) is 1. The van der Waals surface area contributed by atoms with Crippen molar-refractivity contribution in [1.82, 2.24) is 15.2 Å². The fourth-order valence-corrected chi connectivity index (χ4v) is 4.32. The number of furan rings is 1. The van der Waals surface area contributed by atoms with E-state index in [4.69, 9.17) is 4.42 Å². The van der Waals surface area contributed by atoms with Gasteiger partial charge < -0.3 is 9.73 Å². The van der Waals surface area contributed by atoms with E-state index < -0.39 is 0 Å². The van der Waals surface area contributed by atoms with Crippen LogP contribution in [0.1, 0.15) is 41.1 Å². The average molecular weight is 333 g/mol. The van der Waals surface area contributed by atoms with E-state index in [1.807, 2.05) is 26.2 Å². The number of nitrogens with zero attached hydrogens (tertiary/aromatic N) is 2. The number of carbonyl (C=O) groups excluding carboxylic acids is 1. The third-order valence-electron chi connectivity index (χ3n) is 4.33. The van der Waals surface area contributed by atoms with Crippen LogP contribution in [0.2, 0.25) is 0 Å². The Morgan fingerprint density at radius 3 is 2.83 bits per heavy atom. The topological polar surface area (TPSA) is 58.4 Å². The monoisotopic (exact) mass is 333 g/mol. The fourth-order valence-electron chi connectivity index (χ4n) is 3.35. The Hall–Kier alpha value is -1.66. The Morgan fingerprint density at radius 1 is 1.48 bits per heavy atom. The number of amides is 1. The van der Waals surface area contributed by atoms with Crippen molar-refractivity contribution in [2.24, 2.45) is 0 Å². The van der Waals surface area contributed by atoms with Gasteiger partial charge in [-0.3, -0.25) is 9.69 Å². The lowest BCUT2D eigenvalue weighted by Crippen LogP contribution is -2.47. The molecule has 0 bridgehead atoms. The third kappa shape index (κ3) is 3.33. The predicted molar refractivity (Wildman–Crippen MR) is 90.4 cm³/mol. The Bertz CT molecular complexity index is 721. The Kier molecular flexibility index (Phi) is 4.29. The van der Waals surface area contributed by atoms with Gasteiger partial charge in [-0.2, -0.15) is 0 Å². The molecule has 1 atom stereocenters. The molecule has 2 aromatic heterocycles. The van der Waals surface area contributed by atoms with Gasteiger partial charge in [0.15, 0.2) is 0 Å². The quantitative estimate of drug-likeness (QED) is 0.935. The number of carbonyl (C=O) groups is 1. The van der Waals surface area contributed by atoms with Crippen LogP contribution in [0.15, 0.2) is 15.9 Å². The maximum Gasteiger partial charge on any atom is 0.217 e. The molecule has 1 amide bonds. The van der Waals surface area contributed by atoms with Crippen LogP contribution in [0.3, 0.4) is 0 Å². The van der Waals surface area contributed by atoms with Crippen LogP contribution < -0.4 is 5.32 Å². The summed E-state index contributed by atoms with van der Waals surface area (Å²) in [5.74, 6) is 1.92. The minimum Gasteiger partial charge on any atom is -0.466 e. The summed E-state index contributed by atoms with van der Waals surface area (Å²) in [4.78, 5) is 18.7. The van der Waals surface area contributed by atoms with Crippen LogP contribution >= 0.6 is 11.3 Å². The Labute approximate surface area is 140 Å². The lowest BCUT2D eigenvalue weighted by Gasteiger charge is -2.28. The first-order valence-corrected chi connectivity index (χ1v) is 8.75. The van der Waals surface area contributed by atoms with Crippen LogP contribution in [0.25, 0.3) is 0 Å². The highest BCUT2D eigenvalue weighted by molar-refractivity contribution is 7.09. The first-order chi connectivity index (χ1) is 10.9. The van der Waals surface area contributed by atoms with Crippen molar-refractivity contribution in [3.63, 3.8) is 0 Å². The minimum absolute atomic E-state index is 0.00459. The fraction of sp³-hybridized carbons (Fsp3) is 0.529. The first-order valence-electron chi connectivity index (χ1n) is 7.87. The summed E-state index contributed by atoms with van der Waals surface area (Å²) < 4.78 is 5.62. The second-order valence-corrected chi connectivity index (χ2v) is 7.31. The van der Waals surface area contributed by atoms with Gasteiger partial charge in [0.05, 0.1) is 0 Å². The van der Waals surface area contributed by atoms with E-state index in [9.17, 15) is 4.79 Å². The number of nitrogens with one attached hydrogen (secondary N) is 1. The summed E-state index contributed by atoms with van der Waals surface area (Å²) in [6.07, 6.45) is 0.884. The van der Waals surface area contributed by atoms with E-state index in [1.54, 1.807) is 18.3 Å². The second-order valence-electron chi connectivity index (χ2n) is 6.46. The van der Waals surface area contributed by atoms with Gasteiger partial charge >= 0.3 is 0 Å². The van der Waals surface area contributed by atoms with Gasteiger partial charge in [-0.25, -0.2) is 4.98 Å². The number of aryl methyl sites for hydroxylation is 3. The summed E-state index contributed by atoms with van der Waals surface area (Å²) in [5, 5.41) is 6.22. The largest absolute Gasteiger partial charge is 0.466 e. The summed E-state index contributed by atoms with van der Waals surface area (Å²) >= 11 is 1.63. The molecule has 0 aliphatic carbocycles. The highest BCUT2D eigenvalue weighted by Crippen LogP contribution is 2.35. The molecule has 1 saturated heterocycles. The smallest absolute Gasteiger partial charge is 0.217 e. The summed E-state index contributed by atoms with van der Waals surface area (Å²) in [5.41, 5.74) is 1.86. The van der Waals surface area contributed by atoms with Gasteiger partial charge in [-0.05, 0) is 33.3 Å². The number of rotatable bonds is 4. The molecule has 23 heavy (non-hydrogen) atoms. The van der Waals surface area contributed by atoms with Crippen LogP contribution in [0.4, 0.5) is 0 Å². The SMILES string of the molecule is CC(=O)NC1(c2nc(C)cs2)CCN(Cc2cc(C)oc2C)C1. The molecule has 0 radical (unpaired) electrons. The molecule has 0 spiro atoms. The van der Waals surface area contributed by atoms with Gasteiger partial charge in [0.25, 0.3) is 0 Å². The van der Waals surface area contributed by atoms with Crippen LogP contribution in [0, 0.1) is 20.8 Å². The lowest BCUT2D eigenvalue weighted by atomic mass is 9.99. The van der Waals surface area contributed by atoms with E-state index in [0.29, 0.717) is 0 Å². The number of hydrogen-bond acceptors (Lipinski definition) is 5. The van der Waals surface area contributed by atoms with Crippen LogP contribution in [-0.4, -0.2) is 28.9 Å². The zero-order chi connectivity index (χ0) is 16.6. The molecule has 2 aromatic rings. The van der Waals surface area contributed by atoms with Gasteiger partial charge in [0, 0.05) is 43.2 Å². The molecule has 1 N–H and O–H groups in total. The molecule has 3 heterocycles. The molecule has 1 aliphatic heterocycles. The van der Waals surface area contributed by atoms with Crippen LogP contribution in [-0.2, 0) is 16.9 Å². The molecule has 1 unspecified atom stereocenters. The van der Waals surface area contributed by atoms with Gasteiger partial charge in [0.2, 0.25) is 5.91 Å². The Balaban J connectivity index is 1.80. The Morgan fingerprint density at radius 2 is 2.26 bits per heavy atom. The zero-order valence-corrected chi connectivity index (χ0v) is 14.9. The van der Waals surface area contributed by atoms with Crippen molar-refractivity contribution in [3.05, 3.63) is 39.2 Å². The molecule has 3 rings (SSSR count). The summed E-state index contributed by atoms with van der Waals surface area (Å²) in [6.45, 7) is 10.1. The minimum atomic E-state index is -0.364. The highest BCUT2D eigenvalue weighted by atomic mass is 32.1. The molecule has 1 fully saturated rings. The van der Waals surface area contributed by atoms with E-state index in [2.05, 4.69) is 21.3 Å².